The van der Waals surface area contributed by atoms with Crippen molar-refractivity contribution in [1.82, 2.24) is 10.3 Å². The van der Waals surface area contributed by atoms with Crippen LogP contribution in [-0.4, -0.2) is 11.5 Å². The van der Waals surface area contributed by atoms with Crippen molar-refractivity contribution in [2.75, 3.05) is 11.9 Å². The monoisotopic (exact) mass is 339 g/mol. The molecule has 3 aromatic rings. The van der Waals surface area contributed by atoms with E-state index in [9.17, 15) is 0 Å². The third-order valence-electron chi connectivity index (χ3n) is 3.38. The summed E-state index contributed by atoms with van der Waals surface area (Å²) >= 11 is 1.60. The minimum atomic E-state index is 0.782. The molecule has 0 spiro atoms. The van der Waals surface area contributed by atoms with Gasteiger partial charge in [-0.25, -0.2) is 4.98 Å². The first kappa shape index (κ1) is 16.5. The van der Waals surface area contributed by atoms with Gasteiger partial charge in [0.15, 0.2) is 10.9 Å². The van der Waals surface area contributed by atoms with E-state index >= 15 is 0 Å². The Labute approximate surface area is 146 Å². The Morgan fingerprint density at radius 1 is 1.04 bits per heavy atom. The van der Waals surface area contributed by atoms with E-state index in [-0.39, 0.29) is 0 Å². The number of nitrogens with one attached hydrogen (secondary N) is 2. The molecule has 5 heteroatoms. The molecule has 3 rings (SSSR count). The molecule has 4 nitrogen and oxygen atoms in total. The Morgan fingerprint density at radius 2 is 1.83 bits per heavy atom. The Morgan fingerprint density at radius 3 is 2.67 bits per heavy atom. The van der Waals surface area contributed by atoms with E-state index in [0.29, 0.717) is 0 Å². The molecule has 0 aliphatic carbocycles. The minimum absolute atomic E-state index is 0.782. The summed E-state index contributed by atoms with van der Waals surface area (Å²) in [6.07, 6.45) is 1.12. The normalized spacial score (nSPS) is 10.5. The lowest BCUT2D eigenvalue weighted by molar-refractivity contribution is 0.485. The molecule has 0 bridgehead atoms. The molecule has 1 heterocycles. The third kappa shape index (κ3) is 4.57. The summed E-state index contributed by atoms with van der Waals surface area (Å²) in [6, 6.07) is 17.7. The Balaban J connectivity index is 1.69. The lowest BCUT2D eigenvalue weighted by Crippen LogP contribution is -2.13. The number of rotatable bonds is 8. The fraction of sp³-hybridized carbons (Fsp3) is 0.211. The molecule has 0 saturated heterocycles. The molecule has 0 aliphatic rings. The first-order valence-electron chi connectivity index (χ1n) is 8.09. The number of ether oxygens (including phenoxy) is 1. The molecule has 0 radical (unpaired) electrons. The first-order valence-corrected chi connectivity index (χ1v) is 8.97. The van der Waals surface area contributed by atoms with Crippen LogP contribution in [0.3, 0.4) is 0 Å². The fourth-order valence-electron chi connectivity index (χ4n) is 2.23. The van der Waals surface area contributed by atoms with Gasteiger partial charge in [-0.15, -0.1) is 11.3 Å². The molecular formula is C19H21N3OS. The van der Waals surface area contributed by atoms with Crippen molar-refractivity contribution < 1.29 is 4.74 Å². The number of nitrogens with zero attached hydrogens (tertiary/aromatic N) is 1. The molecule has 0 saturated carbocycles. The minimum Gasteiger partial charge on any atom is -0.455 e. The second kappa shape index (κ2) is 8.47. The maximum atomic E-state index is 5.97. The van der Waals surface area contributed by atoms with Gasteiger partial charge in [-0.3, -0.25) is 0 Å². The Bertz CT molecular complexity index is 758. The van der Waals surface area contributed by atoms with Gasteiger partial charge in [0.1, 0.15) is 5.75 Å². The van der Waals surface area contributed by atoms with E-state index in [1.165, 1.54) is 0 Å². The van der Waals surface area contributed by atoms with Crippen LogP contribution in [0.2, 0.25) is 0 Å². The molecule has 0 fully saturated rings. The molecule has 0 atom stereocenters. The number of para-hydroxylation sites is 3. The number of aromatic nitrogens is 1. The summed E-state index contributed by atoms with van der Waals surface area (Å²) in [5, 5.41) is 9.67. The van der Waals surface area contributed by atoms with Gasteiger partial charge in [-0.2, -0.15) is 0 Å². The van der Waals surface area contributed by atoms with E-state index in [4.69, 9.17) is 4.74 Å². The molecule has 1 aromatic heterocycles. The predicted octanol–water partition coefficient (Wildman–Crippen LogP) is 5.18. The summed E-state index contributed by atoms with van der Waals surface area (Å²) in [5.41, 5.74) is 1.96. The van der Waals surface area contributed by atoms with Gasteiger partial charge in [0.25, 0.3) is 0 Å². The number of hydrogen-bond acceptors (Lipinski definition) is 5. The van der Waals surface area contributed by atoms with Crippen molar-refractivity contribution in [3.63, 3.8) is 0 Å². The fourth-order valence-corrected chi connectivity index (χ4v) is 2.95. The molecule has 2 aromatic carbocycles. The van der Waals surface area contributed by atoms with Crippen molar-refractivity contribution in [1.29, 1.82) is 0 Å². The van der Waals surface area contributed by atoms with Gasteiger partial charge < -0.3 is 15.4 Å². The molecule has 24 heavy (non-hydrogen) atoms. The standard InChI is InChI=1S/C19H21N3OS/c1-2-12-20-13-15-14-24-19(21-15)22-17-10-6-7-11-18(17)23-16-8-4-3-5-9-16/h3-11,14,20H,2,12-13H2,1H3,(H,21,22). The average molecular weight is 339 g/mol. The highest BCUT2D eigenvalue weighted by molar-refractivity contribution is 7.13. The van der Waals surface area contributed by atoms with Crippen LogP contribution < -0.4 is 15.4 Å². The summed E-state index contributed by atoms with van der Waals surface area (Å²) in [4.78, 5) is 4.61. The molecular weight excluding hydrogens is 318 g/mol. The molecule has 0 unspecified atom stereocenters. The predicted molar refractivity (Wildman–Crippen MR) is 100 cm³/mol. The van der Waals surface area contributed by atoms with Crippen molar-refractivity contribution in [3.05, 3.63) is 65.7 Å². The lowest BCUT2D eigenvalue weighted by Gasteiger charge is -2.11. The molecule has 124 valence electrons. The number of hydrogen-bond donors (Lipinski definition) is 2. The zero-order valence-corrected chi connectivity index (χ0v) is 14.5. The summed E-state index contributed by atoms with van der Waals surface area (Å²) < 4.78 is 5.97. The Hall–Kier alpha value is -2.37. The van der Waals surface area contributed by atoms with E-state index in [1.54, 1.807) is 11.3 Å². The van der Waals surface area contributed by atoms with E-state index in [1.807, 2.05) is 54.6 Å². The maximum Gasteiger partial charge on any atom is 0.187 e. The zero-order valence-electron chi connectivity index (χ0n) is 13.7. The van der Waals surface area contributed by atoms with E-state index in [2.05, 4.69) is 27.9 Å². The van der Waals surface area contributed by atoms with Crippen LogP contribution in [0.1, 0.15) is 19.0 Å². The largest absolute Gasteiger partial charge is 0.455 e. The topological polar surface area (TPSA) is 46.2 Å². The highest BCUT2D eigenvalue weighted by Gasteiger charge is 2.07. The van der Waals surface area contributed by atoms with Crippen molar-refractivity contribution >= 4 is 22.2 Å². The SMILES string of the molecule is CCCNCc1csc(Nc2ccccc2Oc2ccccc2)n1. The van der Waals surface area contributed by atoms with Crippen LogP contribution in [0.5, 0.6) is 11.5 Å². The second-order valence-electron chi connectivity index (χ2n) is 5.36. The van der Waals surface area contributed by atoms with E-state index in [0.717, 1.165) is 47.5 Å². The highest BCUT2D eigenvalue weighted by Crippen LogP contribution is 2.32. The summed E-state index contributed by atoms with van der Waals surface area (Å²) in [7, 11) is 0. The first-order chi connectivity index (χ1) is 11.8. The van der Waals surface area contributed by atoms with Crippen LogP contribution >= 0.6 is 11.3 Å². The maximum absolute atomic E-state index is 5.97. The smallest absolute Gasteiger partial charge is 0.187 e. The number of benzene rings is 2. The van der Waals surface area contributed by atoms with Crippen LogP contribution in [0.4, 0.5) is 10.8 Å². The second-order valence-corrected chi connectivity index (χ2v) is 6.22. The van der Waals surface area contributed by atoms with Gasteiger partial charge in [0, 0.05) is 11.9 Å². The lowest BCUT2D eigenvalue weighted by atomic mass is 10.3. The third-order valence-corrected chi connectivity index (χ3v) is 4.19. The van der Waals surface area contributed by atoms with Crippen LogP contribution in [0.15, 0.2) is 60.0 Å². The van der Waals surface area contributed by atoms with Crippen LogP contribution in [0.25, 0.3) is 0 Å². The van der Waals surface area contributed by atoms with Gasteiger partial charge in [-0.05, 0) is 37.2 Å². The summed E-state index contributed by atoms with van der Waals surface area (Å²) in [5.74, 6) is 1.60. The molecule has 2 N–H and O–H groups in total. The summed E-state index contributed by atoms with van der Waals surface area (Å²) in [6.45, 7) is 3.97. The molecule has 0 aliphatic heterocycles. The average Bonchev–Trinajstić information content (AvgIpc) is 3.05. The van der Waals surface area contributed by atoms with Crippen molar-refractivity contribution in [3.8, 4) is 11.5 Å². The van der Waals surface area contributed by atoms with Gasteiger partial charge in [0.2, 0.25) is 0 Å². The van der Waals surface area contributed by atoms with Gasteiger partial charge >= 0.3 is 0 Å². The van der Waals surface area contributed by atoms with E-state index < -0.39 is 0 Å². The van der Waals surface area contributed by atoms with Gasteiger partial charge in [-0.1, -0.05) is 37.3 Å². The molecule has 0 amide bonds. The Kier molecular flexibility index (Phi) is 5.82. The number of thiazole rings is 1. The van der Waals surface area contributed by atoms with Crippen LogP contribution in [-0.2, 0) is 6.54 Å². The quantitative estimate of drug-likeness (QED) is 0.555. The van der Waals surface area contributed by atoms with Gasteiger partial charge in [0.05, 0.1) is 11.4 Å². The number of anilines is 2. The van der Waals surface area contributed by atoms with Crippen LogP contribution in [0, 0.1) is 0 Å². The highest BCUT2D eigenvalue weighted by atomic mass is 32.1. The zero-order chi connectivity index (χ0) is 16.6. The van der Waals surface area contributed by atoms with Crippen molar-refractivity contribution in [2.45, 2.75) is 19.9 Å². The van der Waals surface area contributed by atoms with Crippen molar-refractivity contribution in [2.24, 2.45) is 0 Å².